The number of anilines is 1. The van der Waals surface area contributed by atoms with E-state index in [0.717, 1.165) is 11.1 Å². The minimum absolute atomic E-state index is 0.0268. The Hall–Kier alpha value is -4.66. The third-order valence-electron chi connectivity index (χ3n) is 5.56. The summed E-state index contributed by atoms with van der Waals surface area (Å²) in [4.78, 5) is 35.0. The van der Waals surface area contributed by atoms with Gasteiger partial charge < -0.3 is 14.4 Å². The number of rotatable bonds is 5. The Morgan fingerprint density at radius 3 is 2.57 bits per heavy atom. The lowest BCUT2D eigenvalue weighted by molar-refractivity contribution is -0.116. The van der Waals surface area contributed by atoms with Crippen molar-refractivity contribution in [3.05, 3.63) is 94.2 Å². The standard InChI is InChI=1S/C26H20FN5O3/c1-15-7-3-4-8-17(15)24-30-26(35-31-24)19-13-32(25-18(23(19)34)12-11-16(2)28-25)14-22(33)29-21-10-6-5-9-20(21)27/h3-13H,14H2,1-2H3,(H,29,33). The molecule has 3 heterocycles. The molecule has 0 radical (unpaired) electrons. The van der Waals surface area contributed by atoms with E-state index in [1.807, 2.05) is 31.2 Å². The zero-order valence-corrected chi connectivity index (χ0v) is 18.9. The van der Waals surface area contributed by atoms with Gasteiger partial charge in [-0.05, 0) is 43.7 Å². The van der Waals surface area contributed by atoms with Crippen LogP contribution in [0.1, 0.15) is 11.3 Å². The number of para-hydroxylation sites is 1. The molecule has 0 aliphatic carbocycles. The van der Waals surface area contributed by atoms with Crippen molar-refractivity contribution < 1.29 is 13.7 Å². The van der Waals surface area contributed by atoms with E-state index in [9.17, 15) is 14.0 Å². The summed E-state index contributed by atoms with van der Waals surface area (Å²) in [7, 11) is 0. The molecule has 0 aliphatic rings. The van der Waals surface area contributed by atoms with Crippen LogP contribution in [0.2, 0.25) is 0 Å². The number of aryl methyl sites for hydroxylation is 2. The summed E-state index contributed by atoms with van der Waals surface area (Å²) in [6, 6.07) is 16.8. The fraction of sp³-hybridized carbons (Fsp3) is 0.115. The van der Waals surface area contributed by atoms with E-state index in [1.165, 1.54) is 29.0 Å². The smallest absolute Gasteiger partial charge is 0.263 e. The molecule has 35 heavy (non-hydrogen) atoms. The number of pyridine rings is 2. The van der Waals surface area contributed by atoms with Crippen LogP contribution in [0.3, 0.4) is 0 Å². The van der Waals surface area contributed by atoms with Crippen LogP contribution in [-0.4, -0.2) is 25.6 Å². The van der Waals surface area contributed by atoms with Gasteiger partial charge in [-0.1, -0.05) is 41.6 Å². The summed E-state index contributed by atoms with van der Waals surface area (Å²) in [5.74, 6) is -0.655. The number of nitrogens with one attached hydrogen (secondary N) is 1. The van der Waals surface area contributed by atoms with Gasteiger partial charge in [-0.25, -0.2) is 9.37 Å². The second kappa shape index (κ2) is 8.94. The van der Waals surface area contributed by atoms with E-state index < -0.39 is 11.7 Å². The lowest BCUT2D eigenvalue weighted by Gasteiger charge is -2.12. The SMILES string of the molecule is Cc1ccc2c(=O)c(-c3nc(-c4ccccc4C)no3)cn(CC(=O)Nc3ccccc3F)c2n1. The molecule has 5 rings (SSSR count). The topological polar surface area (TPSA) is 103 Å². The van der Waals surface area contributed by atoms with Crippen molar-refractivity contribution in [2.45, 2.75) is 20.4 Å². The first-order chi connectivity index (χ1) is 16.9. The van der Waals surface area contributed by atoms with Crippen molar-refractivity contribution in [2.24, 2.45) is 0 Å². The van der Waals surface area contributed by atoms with E-state index in [1.54, 1.807) is 25.1 Å². The first kappa shape index (κ1) is 22.1. The molecule has 0 saturated carbocycles. The molecule has 1 N–H and O–H groups in total. The Kier molecular flexibility index (Phi) is 5.66. The molecule has 9 heteroatoms. The van der Waals surface area contributed by atoms with Crippen LogP contribution in [0.4, 0.5) is 10.1 Å². The minimum atomic E-state index is -0.546. The van der Waals surface area contributed by atoms with Crippen molar-refractivity contribution in [2.75, 3.05) is 5.32 Å². The summed E-state index contributed by atoms with van der Waals surface area (Å²) in [5.41, 5.74) is 2.58. The van der Waals surface area contributed by atoms with Gasteiger partial charge in [0.15, 0.2) is 0 Å². The number of carbonyl (C=O) groups excluding carboxylic acids is 1. The predicted molar refractivity (Wildman–Crippen MR) is 129 cm³/mol. The molecule has 0 atom stereocenters. The normalized spacial score (nSPS) is 11.1. The van der Waals surface area contributed by atoms with E-state index in [4.69, 9.17) is 4.52 Å². The van der Waals surface area contributed by atoms with E-state index in [-0.39, 0.29) is 29.1 Å². The Morgan fingerprint density at radius 1 is 1.00 bits per heavy atom. The highest BCUT2D eigenvalue weighted by molar-refractivity contribution is 5.92. The molecular weight excluding hydrogens is 449 g/mol. The predicted octanol–water partition coefficient (Wildman–Crippen LogP) is 4.51. The third kappa shape index (κ3) is 4.31. The van der Waals surface area contributed by atoms with Gasteiger partial charge in [-0.2, -0.15) is 4.98 Å². The Bertz CT molecular complexity index is 1640. The van der Waals surface area contributed by atoms with Crippen molar-refractivity contribution in [1.82, 2.24) is 19.7 Å². The first-order valence-electron chi connectivity index (χ1n) is 10.9. The molecule has 8 nitrogen and oxygen atoms in total. The highest BCUT2D eigenvalue weighted by Crippen LogP contribution is 2.24. The van der Waals surface area contributed by atoms with Crippen LogP contribution in [0.5, 0.6) is 0 Å². The number of benzene rings is 2. The largest absolute Gasteiger partial charge is 0.333 e. The summed E-state index contributed by atoms with van der Waals surface area (Å²) in [5, 5.41) is 6.89. The summed E-state index contributed by atoms with van der Waals surface area (Å²) < 4.78 is 21.0. The summed E-state index contributed by atoms with van der Waals surface area (Å²) in [6.07, 6.45) is 1.47. The summed E-state index contributed by atoms with van der Waals surface area (Å²) in [6.45, 7) is 3.50. The van der Waals surface area contributed by atoms with Gasteiger partial charge in [-0.15, -0.1) is 0 Å². The fourth-order valence-corrected chi connectivity index (χ4v) is 3.81. The lowest BCUT2D eigenvalue weighted by atomic mass is 10.1. The molecule has 0 bridgehead atoms. The van der Waals surface area contributed by atoms with Crippen LogP contribution in [0.15, 0.2) is 76.2 Å². The van der Waals surface area contributed by atoms with E-state index in [2.05, 4.69) is 20.4 Å². The molecule has 5 aromatic rings. The van der Waals surface area contributed by atoms with Crippen LogP contribution >= 0.6 is 0 Å². The molecule has 3 aromatic heterocycles. The molecule has 0 aliphatic heterocycles. The van der Waals surface area contributed by atoms with Crippen LogP contribution in [0.25, 0.3) is 33.9 Å². The average molecular weight is 469 g/mol. The average Bonchev–Trinajstić information content (AvgIpc) is 3.32. The number of hydrogen-bond donors (Lipinski definition) is 1. The number of carbonyl (C=O) groups is 1. The van der Waals surface area contributed by atoms with Crippen LogP contribution in [0, 0.1) is 19.7 Å². The zero-order valence-electron chi connectivity index (χ0n) is 18.9. The monoisotopic (exact) mass is 469 g/mol. The second-order valence-corrected chi connectivity index (χ2v) is 8.09. The van der Waals surface area contributed by atoms with E-state index in [0.29, 0.717) is 22.6 Å². The van der Waals surface area contributed by atoms with Gasteiger partial charge in [0, 0.05) is 17.5 Å². The number of amides is 1. The van der Waals surface area contributed by atoms with Gasteiger partial charge >= 0.3 is 0 Å². The molecule has 174 valence electrons. The minimum Gasteiger partial charge on any atom is -0.333 e. The quantitative estimate of drug-likeness (QED) is 0.406. The van der Waals surface area contributed by atoms with Gasteiger partial charge in [-0.3, -0.25) is 9.59 Å². The number of fused-ring (bicyclic) bond motifs is 1. The lowest BCUT2D eigenvalue weighted by Crippen LogP contribution is -2.22. The third-order valence-corrected chi connectivity index (χ3v) is 5.56. The van der Waals surface area contributed by atoms with Crippen molar-refractivity contribution in [3.63, 3.8) is 0 Å². The molecule has 0 saturated heterocycles. The molecule has 0 unspecified atom stereocenters. The molecular formula is C26H20FN5O3. The molecule has 1 amide bonds. The highest BCUT2D eigenvalue weighted by Gasteiger charge is 2.20. The number of halogens is 1. The van der Waals surface area contributed by atoms with Crippen LogP contribution < -0.4 is 10.7 Å². The molecule has 2 aromatic carbocycles. The highest BCUT2D eigenvalue weighted by atomic mass is 19.1. The number of aromatic nitrogens is 4. The van der Waals surface area contributed by atoms with E-state index >= 15 is 0 Å². The number of nitrogens with zero attached hydrogens (tertiary/aromatic N) is 4. The maximum Gasteiger partial charge on any atom is 0.263 e. The van der Waals surface area contributed by atoms with Crippen LogP contribution in [-0.2, 0) is 11.3 Å². The zero-order chi connectivity index (χ0) is 24.5. The van der Waals surface area contributed by atoms with Gasteiger partial charge in [0.1, 0.15) is 23.6 Å². The maximum atomic E-state index is 14.0. The first-order valence-corrected chi connectivity index (χ1v) is 10.9. The van der Waals surface area contributed by atoms with Gasteiger partial charge in [0.05, 0.1) is 11.1 Å². The second-order valence-electron chi connectivity index (χ2n) is 8.09. The van der Waals surface area contributed by atoms with Gasteiger partial charge in [0.25, 0.3) is 5.89 Å². The summed E-state index contributed by atoms with van der Waals surface area (Å²) >= 11 is 0. The van der Waals surface area contributed by atoms with Crippen molar-refractivity contribution in [1.29, 1.82) is 0 Å². The number of hydrogen-bond acceptors (Lipinski definition) is 6. The van der Waals surface area contributed by atoms with Crippen molar-refractivity contribution in [3.8, 4) is 22.8 Å². The van der Waals surface area contributed by atoms with Crippen molar-refractivity contribution >= 4 is 22.6 Å². The fourth-order valence-electron chi connectivity index (χ4n) is 3.81. The van der Waals surface area contributed by atoms with Gasteiger partial charge in [0.2, 0.25) is 17.2 Å². The Balaban J connectivity index is 1.57. The molecule has 0 spiro atoms. The Morgan fingerprint density at radius 2 is 1.77 bits per heavy atom. The Labute approximate surface area is 199 Å². The maximum absolute atomic E-state index is 14.0. The molecule has 0 fully saturated rings.